The molecule has 1 aromatic carbocycles. The molecule has 6 heteroatoms. The maximum atomic E-state index is 13.2. The van der Waals surface area contributed by atoms with E-state index in [-0.39, 0.29) is 5.82 Å². The lowest BCUT2D eigenvalue weighted by molar-refractivity contribution is 0.544. The molecule has 0 aliphatic heterocycles. The minimum atomic E-state index is -1.94. The van der Waals surface area contributed by atoms with Crippen LogP contribution >= 0.6 is 0 Å². The molecule has 0 aromatic heterocycles. The van der Waals surface area contributed by atoms with Crippen molar-refractivity contribution in [2.75, 3.05) is 0 Å². The zero-order valence-corrected chi connectivity index (χ0v) is 20.3. The third-order valence-electron chi connectivity index (χ3n) is 4.61. The van der Waals surface area contributed by atoms with E-state index in [0.717, 1.165) is 11.3 Å². The lowest BCUT2D eigenvalue weighted by atomic mass is 10.2. The van der Waals surface area contributed by atoms with Crippen LogP contribution in [0.3, 0.4) is 0 Å². The van der Waals surface area contributed by atoms with Crippen molar-refractivity contribution in [1.82, 2.24) is 0 Å². The zero-order chi connectivity index (χ0) is 18.3. The standard InChI is InChI=1S/C17H33FOSi4/c1-15(16-11-13-17(18)14-12-16)19-23(20(2,3)4,21(5,6)7)22(8,9)10/h11-14H,1H2,2-10H3. The van der Waals surface area contributed by atoms with E-state index < -0.39 is 29.6 Å². The van der Waals surface area contributed by atoms with Crippen molar-refractivity contribution >= 4 is 35.4 Å². The quantitative estimate of drug-likeness (QED) is 0.431. The van der Waals surface area contributed by atoms with Crippen LogP contribution in [0.1, 0.15) is 5.56 Å². The first kappa shape index (κ1) is 20.6. The maximum Gasteiger partial charge on any atom is 0.206 e. The first-order valence-corrected chi connectivity index (χ1v) is 23.7. The van der Waals surface area contributed by atoms with Gasteiger partial charge in [-0.3, -0.25) is 0 Å². The van der Waals surface area contributed by atoms with Crippen LogP contribution in [0.2, 0.25) is 58.9 Å². The molecule has 0 fully saturated rings. The summed E-state index contributed by atoms with van der Waals surface area (Å²) >= 11 is 0. The van der Waals surface area contributed by atoms with Gasteiger partial charge in [0.15, 0.2) is 0 Å². The van der Waals surface area contributed by atoms with Gasteiger partial charge >= 0.3 is 0 Å². The van der Waals surface area contributed by atoms with Crippen molar-refractivity contribution in [3.8, 4) is 0 Å². The van der Waals surface area contributed by atoms with E-state index in [0.29, 0.717) is 0 Å². The molecule has 0 unspecified atom stereocenters. The second kappa shape index (κ2) is 6.46. The van der Waals surface area contributed by atoms with Gasteiger partial charge in [-0.05, 0) is 24.3 Å². The molecule has 0 spiro atoms. The Labute approximate surface area is 145 Å². The first-order chi connectivity index (χ1) is 10.1. The number of hydrogen-bond acceptors (Lipinski definition) is 1. The number of halogens is 1. The summed E-state index contributed by atoms with van der Waals surface area (Å²) in [6.45, 7) is 24.6. The van der Waals surface area contributed by atoms with Gasteiger partial charge in [0.2, 0.25) is 6.87 Å². The number of hydrogen-bond donors (Lipinski definition) is 0. The smallest absolute Gasteiger partial charge is 0.206 e. The summed E-state index contributed by atoms with van der Waals surface area (Å²) in [5.74, 6) is 0.537. The molecule has 1 nitrogen and oxygen atoms in total. The summed E-state index contributed by atoms with van der Waals surface area (Å²) in [7, 11) is -4.53. The van der Waals surface area contributed by atoms with Crippen molar-refractivity contribution in [3.63, 3.8) is 0 Å². The minimum absolute atomic E-state index is 0.217. The molecule has 0 N–H and O–H groups in total. The Kier molecular flexibility index (Phi) is 5.79. The van der Waals surface area contributed by atoms with Crippen molar-refractivity contribution in [2.45, 2.75) is 58.9 Å². The molecule has 0 saturated heterocycles. The Balaban J connectivity index is 3.42. The monoisotopic (exact) mass is 384 g/mol. The summed E-state index contributed by atoms with van der Waals surface area (Å²) in [6, 6.07) is 6.56. The van der Waals surface area contributed by atoms with E-state index in [1.165, 1.54) is 12.1 Å². The summed E-state index contributed by atoms with van der Waals surface area (Å²) in [5.41, 5.74) is 0.915. The van der Waals surface area contributed by atoms with Gasteiger partial charge in [-0.2, -0.15) is 0 Å². The van der Waals surface area contributed by atoms with Crippen LogP contribution in [-0.2, 0) is 4.43 Å². The molecule has 0 amide bonds. The largest absolute Gasteiger partial charge is 0.552 e. The van der Waals surface area contributed by atoms with Crippen LogP contribution in [0.4, 0.5) is 4.39 Å². The van der Waals surface area contributed by atoms with Crippen molar-refractivity contribution in [3.05, 3.63) is 42.2 Å². The summed E-state index contributed by atoms with van der Waals surface area (Å²) in [6.07, 6.45) is 0. The van der Waals surface area contributed by atoms with Gasteiger partial charge in [-0.15, -0.1) is 0 Å². The highest BCUT2D eigenvalue weighted by molar-refractivity contribution is 7.87. The molecular formula is C17H33FOSi4. The van der Waals surface area contributed by atoms with Crippen LogP contribution in [0.25, 0.3) is 5.76 Å². The topological polar surface area (TPSA) is 9.23 Å². The summed E-state index contributed by atoms with van der Waals surface area (Å²) < 4.78 is 20.2. The van der Waals surface area contributed by atoms with Gasteiger partial charge in [0.05, 0.1) is 22.8 Å². The zero-order valence-electron chi connectivity index (χ0n) is 16.3. The highest BCUT2D eigenvalue weighted by Gasteiger charge is 2.65. The third kappa shape index (κ3) is 3.97. The van der Waals surface area contributed by atoms with E-state index in [1.807, 2.05) is 0 Å². The minimum Gasteiger partial charge on any atom is -0.552 e. The van der Waals surface area contributed by atoms with Crippen LogP contribution in [0.5, 0.6) is 0 Å². The van der Waals surface area contributed by atoms with Gasteiger partial charge in [0, 0.05) is 5.56 Å². The first-order valence-electron chi connectivity index (χ1n) is 8.27. The second-order valence-corrected chi connectivity index (χ2v) is 48.9. The van der Waals surface area contributed by atoms with Crippen LogP contribution < -0.4 is 0 Å². The van der Waals surface area contributed by atoms with Crippen molar-refractivity contribution < 1.29 is 8.82 Å². The molecule has 0 atom stereocenters. The molecular weight excluding hydrogens is 352 g/mol. The van der Waals surface area contributed by atoms with Gasteiger partial charge < -0.3 is 4.43 Å². The molecule has 0 bridgehead atoms. The molecule has 130 valence electrons. The molecule has 0 radical (unpaired) electrons. The molecule has 1 aromatic rings. The fourth-order valence-corrected chi connectivity index (χ4v) is 97.7. The van der Waals surface area contributed by atoms with Crippen LogP contribution in [-0.4, -0.2) is 29.6 Å². The third-order valence-corrected chi connectivity index (χ3v) is 71.9. The Bertz CT molecular complexity index is 526. The van der Waals surface area contributed by atoms with Crippen molar-refractivity contribution in [1.29, 1.82) is 0 Å². The predicted octanol–water partition coefficient (Wildman–Crippen LogP) is 6.01. The van der Waals surface area contributed by atoms with Gasteiger partial charge in [0.1, 0.15) is 11.6 Å². The van der Waals surface area contributed by atoms with E-state index >= 15 is 0 Å². The highest BCUT2D eigenvalue weighted by atomic mass is 29.9. The SMILES string of the molecule is C=C(O[Si]([Si](C)(C)C)([Si](C)(C)C)[Si](C)(C)C)c1ccc(F)cc1. The molecule has 0 saturated carbocycles. The Morgan fingerprint density at radius 3 is 1.43 bits per heavy atom. The summed E-state index contributed by atoms with van der Waals surface area (Å²) in [4.78, 5) is 0. The molecule has 0 aliphatic carbocycles. The fourth-order valence-electron chi connectivity index (χ4n) is 4.71. The van der Waals surface area contributed by atoms with E-state index in [9.17, 15) is 4.39 Å². The molecule has 23 heavy (non-hydrogen) atoms. The normalized spacial score (nSPS) is 13.8. The van der Waals surface area contributed by atoms with Crippen LogP contribution in [0, 0.1) is 5.82 Å². The lowest BCUT2D eigenvalue weighted by Crippen LogP contribution is -2.84. The Morgan fingerprint density at radius 1 is 0.783 bits per heavy atom. The summed E-state index contributed by atoms with van der Waals surface area (Å²) in [5, 5.41) is 0. The maximum absolute atomic E-state index is 13.2. The highest BCUT2D eigenvalue weighted by Crippen LogP contribution is 2.40. The fraction of sp³-hybridized carbons (Fsp3) is 0.529. The number of benzene rings is 1. The number of rotatable bonds is 6. The average molecular weight is 385 g/mol. The van der Waals surface area contributed by atoms with Gasteiger partial charge in [-0.1, -0.05) is 65.5 Å². The average Bonchev–Trinajstić information content (AvgIpc) is 2.31. The van der Waals surface area contributed by atoms with E-state index in [4.69, 9.17) is 4.43 Å². The van der Waals surface area contributed by atoms with Crippen molar-refractivity contribution in [2.24, 2.45) is 0 Å². The van der Waals surface area contributed by atoms with Crippen LogP contribution in [0.15, 0.2) is 30.8 Å². The van der Waals surface area contributed by atoms with Gasteiger partial charge in [-0.25, -0.2) is 4.39 Å². The lowest BCUT2D eigenvalue weighted by Gasteiger charge is -2.56. The van der Waals surface area contributed by atoms with Gasteiger partial charge in [0.25, 0.3) is 0 Å². The Hall–Kier alpha value is -0.442. The van der Waals surface area contributed by atoms with E-state index in [1.54, 1.807) is 12.1 Å². The molecule has 0 heterocycles. The molecule has 1 rings (SSSR count). The molecule has 0 aliphatic rings. The Morgan fingerprint density at radius 2 is 1.13 bits per heavy atom. The second-order valence-electron chi connectivity index (χ2n) is 9.46. The van der Waals surface area contributed by atoms with E-state index in [2.05, 4.69) is 65.5 Å². The predicted molar refractivity (Wildman–Crippen MR) is 112 cm³/mol.